The van der Waals surface area contributed by atoms with Gasteiger partial charge in [-0.1, -0.05) is 36.4 Å². The third-order valence-electron chi connectivity index (χ3n) is 3.86. The number of ether oxygens (including phenoxy) is 1. The van der Waals surface area contributed by atoms with E-state index in [1.165, 1.54) is 32.0 Å². The minimum absolute atomic E-state index is 0.0137. The number of fused-ring (bicyclic) bond motifs is 1. The first kappa shape index (κ1) is 16.2. The Morgan fingerprint density at radius 3 is 2.25 bits per heavy atom. The second-order valence-electron chi connectivity index (χ2n) is 5.53. The number of sulfonamides is 1. The summed E-state index contributed by atoms with van der Waals surface area (Å²) in [5.74, 6) is -1.48. The Kier molecular flexibility index (Phi) is 3.68. The molecule has 0 saturated heterocycles. The number of benzene rings is 2. The average molecular weight is 345 g/mol. The molecule has 1 atom stereocenters. The molecule has 0 fully saturated rings. The van der Waals surface area contributed by atoms with E-state index in [9.17, 15) is 18.0 Å². The van der Waals surface area contributed by atoms with Gasteiger partial charge < -0.3 is 4.74 Å². The number of anilines is 1. The van der Waals surface area contributed by atoms with Crippen LogP contribution in [0.1, 0.15) is 19.4 Å². The smallest absolute Gasteiger partial charge is 0.304 e. The molecule has 6 nitrogen and oxygen atoms in total. The number of carbonyl (C=O) groups excluding carboxylic acids is 2. The lowest BCUT2D eigenvalue weighted by atomic mass is 9.97. The largest absolute Gasteiger partial charge is 0.444 e. The first-order valence-electron chi connectivity index (χ1n) is 7.22. The van der Waals surface area contributed by atoms with Gasteiger partial charge in [-0.05, 0) is 25.1 Å². The van der Waals surface area contributed by atoms with Crippen molar-refractivity contribution in [3.63, 3.8) is 0 Å². The second-order valence-corrected chi connectivity index (χ2v) is 7.32. The van der Waals surface area contributed by atoms with Crippen LogP contribution in [0.2, 0.25) is 0 Å². The molecule has 1 aliphatic heterocycles. The van der Waals surface area contributed by atoms with Crippen LogP contribution in [0.5, 0.6) is 0 Å². The average Bonchev–Trinajstić information content (AvgIpc) is 2.76. The topological polar surface area (TPSA) is 80.8 Å². The highest BCUT2D eigenvalue weighted by Gasteiger charge is 2.54. The Hall–Kier alpha value is -2.67. The van der Waals surface area contributed by atoms with Gasteiger partial charge in [0.1, 0.15) is 0 Å². The summed E-state index contributed by atoms with van der Waals surface area (Å²) < 4.78 is 31.8. The summed E-state index contributed by atoms with van der Waals surface area (Å²) in [7, 11) is -4.12. The van der Waals surface area contributed by atoms with Crippen molar-refractivity contribution >= 4 is 27.6 Å². The highest BCUT2D eigenvalue weighted by molar-refractivity contribution is 7.93. The monoisotopic (exact) mass is 345 g/mol. The van der Waals surface area contributed by atoms with E-state index in [1.54, 1.807) is 36.4 Å². The molecule has 0 saturated carbocycles. The number of para-hydroxylation sites is 1. The number of amides is 1. The quantitative estimate of drug-likeness (QED) is 0.797. The predicted molar refractivity (Wildman–Crippen MR) is 86.7 cm³/mol. The molecule has 1 amide bonds. The van der Waals surface area contributed by atoms with Gasteiger partial charge in [0, 0.05) is 12.5 Å². The van der Waals surface area contributed by atoms with Crippen LogP contribution in [0, 0.1) is 0 Å². The molecular weight excluding hydrogens is 330 g/mol. The van der Waals surface area contributed by atoms with E-state index >= 15 is 0 Å². The van der Waals surface area contributed by atoms with Crippen molar-refractivity contribution < 1.29 is 22.7 Å². The lowest BCUT2D eigenvalue weighted by Crippen LogP contribution is -2.43. The van der Waals surface area contributed by atoms with Crippen LogP contribution < -0.4 is 4.31 Å². The van der Waals surface area contributed by atoms with Gasteiger partial charge in [-0.25, -0.2) is 8.42 Å². The number of hydrogen-bond acceptors (Lipinski definition) is 5. The third-order valence-corrected chi connectivity index (χ3v) is 5.57. The fourth-order valence-corrected chi connectivity index (χ4v) is 4.32. The third kappa shape index (κ3) is 2.28. The Labute approximate surface area is 139 Å². The van der Waals surface area contributed by atoms with Crippen LogP contribution in [0.15, 0.2) is 59.5 Å². The van der Waals surface area contributed by atoms with Gasteiger partial charge in [-0.2, -0.15) is 4.31 Å². The van der Waals surface area contributed by atoms with Crippen LogP contribution in [0.3, 0.4) is 0 Å². The highest BCUT2D eigenvalue weighted by Crippen LogP contribution is 2.45. The van der Waals surface area contributed by atoms with E-state index < -0.39 is 27.5 Å². The molecule has 7 heteroatoms. The van der Waals surface area contributed by atoms with Crippen LogP contribution in [-0.2, 0) is 30.0 Å². The molecule has 0 aliphatic carbocycles. The maximum absolute atomic E-state index is 12.9. The number of nitrogens with zero attached hydrogens (tertiary/aromatic N) is 1. The molecule has 0 radical (unpaired) electrons. The summed E-state index contributed by atoms with van der Waals surface area (Å²) in [6.45, 7) is 2.57. The van der Waals surface area contributed by atoms with Gasteiger partial charge in [-0.15, -0.1) is 0 Å². The summed E-state index contributed by atoms with van der Waals surface area (Å²) >= 11 is 0. The number of rotatable bonds is 3. The fraction of sp³-hybridized carbons (Fsp3) is 0.176. The maximum Gasteiger partial charge on any atom is 0.304 e. The van der Waals surface area contributed by atoms with Gasteiger partial charge in [0.05, 0.1) is 10.6 Å². The molecule has 2 aromatic rings. The van der Waals surface area contributed by atoms with Gasteiger partial charge in [-0.3, -0.25) is 9.59 Å². The molecule has 1 unspecified atom stereocenters. The van der Waals surface area contributed by atoms with Crippen molar-refractivity contribution in [3.8, 4) is 0 Å². The first-order valence-corrected chi connectivity index (χ1v) is 8.66. The van der Waals surface area contributed by atoms with E-state index in [0.717, 1.165) is 0 Å². The Morgan fingerprint density at radius 1 is 1.04 bits per heavy atom. The summed E-state index contributed by atoms with van der Waals surface area (Å²) in [5.41, 5.74) is -1.15. The van der Waals surface area contributed by atoms with Gasteiger partial charge in [0.2, 0.25) is 5.60 Å². The first-order chi connectivity index (χ1) is 11.3. The second kappa shape index (κ2) is 5.45. The van der Waals surface area contributed by atoms with Gasteiger partial charge in [0.25, 0.3) is 15.9 Å². The summed E-state index contributed by atoms with van der Waals surface area (Å²) in [6.07, 6.45) is 0. The molecule has 24 heavy (non-hydrogen) atoms. The van der Waals surface area contributed by atoms with E-state index in [1.807, 2.05) is 0 Å². The van der Waals surface area contributed by atoms with Crippen LogP contribution in [0.25, 0.3) is 0 Å². The molecule has 0 N–H and O–H groups in total. The number of hydrogen-bond donors (Lipinski definition) is 0. The summed E-state index contributed by atoms with van der Waals surface area (Å²) in [4.78, 5) is 24.3. The molecule has 1 aliphatic rings. The zero-order valence-corrected chi connectivity index (χ0v) is 13.9. The van der Waals surface area contributed by atoms with Crippen molar-refractivity contribution in [3.05, 3.63) is 60.2 Å². The van der Waals surface area contributed by atoms with Crippen molar-refractivity contribution in [1.29, 1.82) is 0 Å². The SMILES string of the molecule is CC(=O)OC1(C)C(=O)N(S(=O)(=O)c2ccccc2)c2ccccc21. The molecule has 0 aromatic heterocycles. The van der Waals surface area contributed by atoms with E-state index in [4.69, 9.17) is 4.74 Å². The Bertz CT molecular complexity index is 923. The molecule has 3 rings (SSSR count). The Balaban J connectivity index is 2.21. The molecule has 1 heterocycles. The number of esters is 1. The van der Waals surface area contributed by atoms with Crippen molar-refractivity contribution in [2.45, 2.75) is 24.3 Å². The van der Waals surface area contributed by atoms with E-state index in [2.05, 4.69) is 0 Å². The van der Waals surface area contributed by atoms with Gasteiger partial charge in [0.15, 0.2) is 0 Å². The standard InChI is InChI=1S/C17H15NO5S/c1-12(19)23-17(2)14-10-6-7-11-15(14)18(16(17)20)24(21,22)13-8-4-3-5-9-13/h3-11H,1-2H3. The molecule has 0 spiro atoms. The minimum Gasteiger partial charge on any atom is -0.444 e. The maximum atomic E-state index is 12.9. The summed E-state index contributed by atoms with van der Waals surface area (Å²) in [5, 5.41) is 0. The Morgan fingerprint density at radius 2 is 1.62 bits per heavy atom. The lowest BCUT2D eigenvalue weighted by Gasteiger charge is -2.23. The van der Waals surface area contributed by atoms with Crippen molar-refractivity contribution in [2.24, 2.45) is 0 Å². The molecule has 2 aromatic carbocycles. The van der Waals surface area contributed by atoms with E-state index in [-0.39, 0.29) is 10.6 Å². The minimum atomic E-state index is -4.12. The van der Waals surface area contributed by atoms with Crippen molar-refractivity contribution in [2.75, 3.05) is 4.31 Å². The molecule has 0 bridgehead atoms. The van der Waals surface area contributed by atoms with Crippen LogP contribution >= 0.6 is 0 Å². The zero-order chi connectivity index (χ0) is 17.5. The highest BCUT2D eigenvalue weighted by atomic mass is 32.2. The normalized spacial score (nSPS) is 19.9. The molecular formula is C17H15NO5S. The zero-order valence-electron chi connectivity index (χ0n) is 13.1. The van der Waals surface area contributed by atoms with Crippen LogP contribution in [-0.4, -0.2) is 20.3 Å². The predicted octanol–water partition coefficient (Wildman–Crippen LogP) is 2.20. The summed E-state index contributed by atoms with van der Waals surface area (Å²) in [6, 6.07) is 14.0. The van der Waals surface area contributed by atoms with Crippen LogP contribution in [0.4, 0.5) is 5.69 Å². The van der Waals surface area contributed by atoms with E-state index in [0.29, 0.717) is 9.87 Å². The molecule has 124 valence electrons. The lowest BCUT2D eigenvalue weighted by molar-refractivity contribution is -0.163. The van der Waals surface area contributed by atoms with Gasteiger partial charge >= 0.3 is 5.97 Å². The fourth-order valence-electron chi connectivity index (χ4n) is 2.80. The van der Waals surface area contributed by atoms with Crippen molar-refractivity contribution in [1.82, 2.24) is 0 Å². The number of carbonyl (C=O) groups is 2.